The summed E-state index contributed by atoms with van der Waals surface area (Å²) in [5, 5.41) is 2.31. The third kappa shape index (κ3) is 11.8. The Balaban J connectivity index is 2.53. The molecule has 1 rings (SSSR count). The Bertz CT molecular complexity index is 973. The van der Waals surface area contributed by atoms with E-state index in [1.807, 2.05) is 0 Å². The lowest BCUT2D eigenvalue weighted by atomic mass is 10.0. The first-order valence-electron chi connectivity index (χ1n) is 12.4. The molecule has 0 aliphatic carbocycles. The molecule has 3 N–H and O–H groups in total. The summed E-state index contributed by atoms with van der Waals surface area (Å²) in [6.45, 7) is 3.37. The average molecular weight is 520 g/mol. The summed E-state index contributed by atoms with van der Waals surface area (Å²) >= 11 is 0. The van der Waals surface area contributed by atoms with Crippen LogP contribution in [-0.2, 0) is 31.5 Å². The van der Waals surface area contributed by atoms with E-state index in [1.165, 1.54) is 70.3 Å². The van der Waals surface area contributed by atoms with Gasteiger partial charge in [0.1, 0.15) is 9.79 Å². The van der Waals surface area contributed by atoms with Gasteiger partial charge in [-0.05, 0) is 24.5 Å². The van der Waals surface area contributed by atoms with Gasteiger partial charge in [0.2, 0.25) is 5.91 Å². The Hall–Kier alpha value is -1.49. The van der Waals surface area contributed by atoms with Crippen molar-refractivity contribution in [3.05, 3.63) is 17.7 Å². The van der Waals surface area contributed by atoms with Crippen molar-refractivity contribution in [3.8, 4) is 0 Å². The lowest BCUT2D eigenvalue weighted by Crippen LogP contribution is -2.17. The van der Waals surface area contributed by atoms with Crippen LogP contribution in [0.25, 0.3) is 0 Å². The Morgan fingerprint density at radius 2 is 1.18 bits per heavy atom. The molecule has 34 heavy (non-hydrogen) atoms. The van der Waals surface area contributed by atoms with E-state index in [4.69, 9.17) is 0 Å². The summed E-state index contributed by atoms with van der Waals surface area (Å²) in [4.78, 5) is 9.63. The topological polar surface area (TPSA) is 138 Å². The second-order valence-corrected chi connectivity index (χ2v) is 11.7. The first-order valence-corrected chi connectivity index (χ1v) is 15.2. The van der Waals surface area contributed by atoms with Gasteiger partial charge in [-0.3, -0.25) is 13.9 Å². The number of carbonyl (C=O) groups is 1. The average Bonchev–Trinajstić information content (AvgIpc) is 2.72. The van der Waals surface area contributed by atoms with Crippen LogP contribution in [0.4, 0.5) is 5.69 Å². The Kier molecular flexibility index (Phi) is 13.9. The number of carbonyl (C=O) groups excluding carboxylic acids is 1. The smallest absolute Gasteiger partial charge is 0.298 e. The zero-order valence-electron chi connectivity index (χ0n) is 20.5. The molecule has 0 unspecified atom stereocenters. The molecule has 1 amide bonds. The minimum absolute atomic E-state index is 0.306. The largest absolute Gasteiger partial charge is 0.325 e. The van der Waals surface area contributed by atoms with Crippen LogP contribution < -0.4 is 5.32 Å². The molecule has 0 aromatic heterocycles. The van der Waals surface area contributed by atoms with Crippen LogP contribution in [0.2, 0.25) is 0 Å². The second kappa shape index (κ2) is 15.5. The summed E-state index contributed by atoms with van der Waals surface area (Å²) in [6.07, 6.45) is 17.1. The third-order valence-electron chi connectivity index (χ3n) is 5.84. The van der Waals surface area contributed by atoms with E-state index in [0.717, 1.165) is 32.3 Å². The summed E-state index contributed by atoms with van der Waals surface area (Å²) in [6, 6.07) is 2.29. The fraction of sp³-hybridized carbons (Fsp3) is 0.708. The number of hydrogen-bond donors (Lipinski definition) is 3. The molecule has 1 aromatic rings. The van der Waals surface area contributed by atoms with Crippen molar-refractivity contribution in [2.75, 3.05) is 5.32 Å². The van der Waals surface area contributed by atoms with Gasteiger partial charge in [0.25, 0.3) is 20.2 Å². The normalized spacial score (nSPS) is 12.1. The maximum Gasteiger partial charge on any atom is 0.298 e. The highest BCUT2D eigenvalue weighted by Gasteiger charge is 2.29. The van der Waals surface area contributed by atoms with Gasteiger partial charge in [-0.15, -0.1) is 0 Å². The third-order valence-corrected chi connectivity index (χ3v) is 7.81. The highest BCUT2D eigenvalue weighted by atomic mass is 32.2. The molecule has 0 bridgehead atoms. The maximum atomic E-state index is 11.9. The Morgan fingerprint density at radius 3 is 1.56 bits per heavy atom. The molecule has 10 heteroatoms. The first-order chi connectivity index (χ1) is 16.0. The summed E-state index contributed by atoms with van der Waals surface area (Å²) in [7, 11) is -9.96. The molecular formula is C24H41NO7S2. The Morgan fingerprint density at radius 1 is 0.735 bits per heavy atom. The highest BCUT2D eigenvalue weighted by Crippen LogP contribution is 2.33. The predicted molar refractivity (Wildman–Crippen MR) is 134 cm³/mol. The van der Waals surface area contributed by atoms with E-state index in [0.29, 0.717) is 18.4 Å². The molecule has 0 heterocycles. The molecule has 0 saturated carbocycles. The van der Waals surface area contributed by atoms with Crippen LogP contribution >= 0.6 is 0 Å². The van der Waals surface area contributed by atoms with Crippen molar-refractivity contribution in [3.63, 3.8) is 0 Å². The first kappa shape index (κ1) is 30.5. The minimum Gasteiger partial charge on any atom is -0.325 e. The van der Waals surface area contributed by atoms with Crippen molar-refractivity contribution in [1.82, 2.24) is 0 Å². The van der Waals surface area contributed by atoms with Gasteiger partial charge >= 0.3 is 0 Å². The minimum atomic E-state index is -5.03. The van der Waals surface area contributed by atoms with Gasteiger partial charge in [-0.1, -0.05) is 96.5 Å². The van der Waals surface area contributed by atoms with E-state index < -0.39 is 35.9 Å². The van der Waals surface area contributed by atoms with Crippen molar-refractivity contribution >= 4 is 31.8 Å². The molecule has 8 nitrogen and oxygen atoms in total. The molecular weight excluding hydrogens is 478 g/mol. The van der Waals surface area contributed by atoms with Gasteiger partial charge in [-0.25, -0.2) is 0 Å². The second-order valence-electron chi connectivity index (χ2n) is 8.90. The van der Waals surface area contributed by atoms with E-state index in [1.54, 1.807) is 0 Å². The van der Waals surface area contributed by atoms with Crippen LogP contribution in [-0.4, -0.2) is 31.8 Å². The van der Waals surface area contributed by atoms with E-state index in [2.05, 4.69) is 12.2 Å². The zero-order chi connectivity index (χ0) is 25.6. The molecule has 0 spiro atoms. The van der Waals surface area contributed by atoms with Crippen LogP contribution in [0.15, 0.2) is 21.9 Å². The monoisotopic (exact) mass is 519 g/mol. The van der Waals surface area contributed by atoms with E-state index in [-0.39, 0.29) is 5.69 Å². The number of aryl methyl sites for hydroxylation is 1. The molecule has 0 atom stereocenters. The Labute approximate surface area is 205 Å². The van der Waals surface area contributed by atoms with Crippen LogP contribution in [0.1, 0.15) is 109 Å². The number of unbranched alkanes of at least 4 members (excludes halogenated alkanes) is 13. The summed E-state index contributed by atoms with van der Waals surface area (Å²) in [5.74, 6) is -0.625. The molecule has 0 aliphatic rings. The van der Waals surface area contributed by atoms with Crippen molar-refractivity contribution < 1.29 is 30.7 Å². The lowest BCUT2D eigenvalue weighted by Gasteiger charge is -2.16. The predicted octanol–water partition coefficient (Wildman–Crippen LogP) is 6.16. The quantitative estimate of drug-likeness (QED) is 0.156. The van der Waals surface area contributed by atoms with Gasteiger partial charge < -0.3 is 5.32 Å². The van der Waals surface area contributed by atoms with E-state index in [9.17, 15) is 30.7 Å². The maximum absolute atomic E-state index is 11.9. The van der Waals surface area contributed by atoms with E-state index >= 15 is 0 Å². The summed E-state index contributed by atoms with van der Waals surface area (Å²) < 4.78 is 66.0. The van der Waals surface area contributed by atoms with Gasteiger partial charge in [-0.2, -0.15) is 16.8 Å². The van der Waals surface area contributed by atoms with Crippen LogP contribution in [0, 0.1) is 0 Å². The van der Waals surface area contributed by atoms with Gasteiger partial charge in [0, 0.05) is 6.92 Å². The molecule has 0 aliphatic heterocycles. The number of nitrogens with one attached hydrogen (secondary N) is 1. The molecule has 0 radical (unpaired) electrons. The molecule has 0 fully saturated rings. The van der Waals surface area contributed by atoms with Crippen LogP contribution in [0.3, 0.4) is 0 Å². The SMILES string of the molecule is CCCCCCCCCCCCCCCCc1ccc(S(=O)(=O)O)c(S(=O)(=O)O)c1NC(C)=O. The molecule has 196 valence electrons. The van der Waals surface area contributed by atoms with Crippen molar-refractivity contribution in [2.45, 2.75) is 120 Å². The molecule has 0 saturated heterocycles. The zero-order valence-corrected chi connectivity index (χ0v) is 22.1. The van der Waals surface area contributed by atoms with Gasteiger partial charge in [0.15, 0.2) is 0 Å². The summed E-state index contributed by atoms with van der Waals surface area (Å²) in [5.41, 5.74) is 0.0778. The number of amides is 1. The van der Waals surface area contributed by atoms with Gasteiger partial charge in [0.05, 0.1) is 5.69 Å². The van der Waals surface area contributed by atoms with Crippen molar-refractivity contribution in [2.24, 2.45) is 0 Å². The fourth-order valence-corrected chi connectivity index (χ4v) is 6.07. The lowest BCUT2D eigenvalue weighted by molar-refractivity contribution is -0.114. The number of anilines is 1. The standard InChI is InChI=1S/C24H41NO7S2/c1-3-4-5-6-7-8-9-10-11-12-13-14-15-16-17-21-18-19-22(33(27,28)29)24(34(30,31)32)23(21)25-20(2)26/h18-19H,3-17H2,1-2H3,(H,25,26)(H,27,28,29)(H,30,31,32). The number of rotatable bonds is 18. The van der Waals surface area contributed by atoms with Crippen molar-refractivity contribution in [1.29, 1.82) is 0 Å². The number of benzene rings is 1. The van der Waals surface area contributed by atoms with Crippen LogP contribution in [0.5, 0.6) is 0 Å². The fourth-order valence-electron chi connectivity index (χ4n) is 4.09. The molecule has 1 aromatic carbocycles. The highest BCUT2D eigenvalue weighted by molar-refractivity contribution is 7.89. The number of hydrogen-bond acceptors (Lipinski definition) is 5.